The van der Waals surface area contributed by atoms with Gasteiger partial charge in [-0.1, -0.05) is 60.7 Å². The van der Waals surface area contributed by atoms with Gasteiger partial charge >= 0.3 is 0 Å². The van der Waals surface area contributed by atoms with Gasteiger partial charge in [-0.15, -0.1) is 0 Å². The Labute approximate surface area is 249 Å². The number of hydrogen-bond acceptors (Lipinski definition) is 5. The van der Waals surface area contributed by atoms with Crippen molar-refractivity contribution >= 4 is 5.91 Å². The van der Waals surface area contributed by atoms with Crippen molar-refractivity contribution in [2.45, 2.75) is 84.7 Å². The summed E-state index contributed by atoms with van der Waals surface area (Å²) in [5, 5.41) is 13.5. The molecule has 0 saturated heterocycles. The number of nitrogens with one attached hydrogen (secondary N) is 1. The predicted molar refractivity (Wildman–Crippen MR) is 167 cm³/mol. The number of hydrogen-bond donors (Lipinski definition) is 2. The van der Waals surface area contributed by atoms with Crippen molar-refractivity contribution in [2.24, 2.45) is 0 Å². The molecule has 0 radical (unpaired) electrons. The van der Waals surface area contributed by atoms with Crippen LogP contribution < -0.4 is 5.32 Å². The van der Waals surface area contributed by atoms with Crippen LogP contribution >= 0.6 is 0 Å². The number of amides is 1. The zero-order valence-electron chi connectivity index (χ0n) is 25.2. The van der Waals surface area contributed by atoms with Crippen molar-refractivity contribution < 1.29 is 9.90 Å². The summed E-state index contributed by atoms with van der Waals surface area (Å²) in [7, 11) is 0. The van der Waals surface area contributed by atoms with E-state index in [0.717, 1.165) is 58.5 Å². The molecule has 1 unspecified atom stereocenters. The number of pyridine rings is 2. The quantitative estimate of drug-likeness (QED) is 0.239. The lowest BCUT2D eigenvalue weighted by atomic mass is 9.83. The van der Waals surface area contributed by atoms with Gasteiger partial charge in [0, 0.05) is 32.0 Å². The first kappa shape index (κ1) is 29.6. The Morgan fingerprint density at radius 2 is 1.81 bits per heavy atom. The van der Waals surface area contributed by atoms with E-state index in [1.807, 2.05) is 68.7 Å². The van der Waals surface area contributed by atoms with Crippen LogP contribution in [0.1, 0.15) is 83.1 Å². The van der Waals surface area contributed by atoms with Crippen LogP contribution in [0.3, 0.4) is 0 Å². The molecule has 218 valence electrons. The zero-order valence-corrected chi connectivity index (χ0v) is 25.2. The Kier molecular flexibility index (Phi) is 9.15. The number of aryl methyl sites for hydroxylation is 3. The molecule has 1 aliphatic carbocycles. The van der Waals surface area contributed by atoms with Gasteiger partial charge in [-0.3, -0.25) is 19.7 Å². The van der Waals surface area contributed by atoms with E-state index in [9.17, 15) is 9.90 Å². The normalized spacial score (nSPS) is 15.0. The molecule has 2 heterocycles. The number of nitrogens with zero attached hydrogens (tertiary/aromatic N) is 3. The number of rotatable bonds is 10. The van der Waals surface area contributed by atoms with E-state index in [0.29, 0.717) is 19.6 Å². The molecule has 6 heteroatoms. The molecule has 5 rings (SSSR count). The zero-order chi connectivity index (χ0) is 29.7. The van der Waals surface area contributed by atoms with Crippen molar-refractivity contribution in [3.05, 3.63) is 129 Å². The number of benzene rings is 2. The molecule has 1 amide bonds. The van der Waals surface area contributed by atoms with Gasteiger partial charge in [0.25, 0.3) is 0 Å². The van der Waals surface area contributed by atoms with Crippen LogP contribution in [0.15, 0.2) is 79.1 Å². The second kappa shape index (κ2) is 13.0. The van der Waals surface area contributed by atoms with Crippen LogP contribution in [-0.4, -0.2) is 25.9 Å². The Morgan fingerprint density at radius 3 is 2.57 bits per heavy atom. The molecular weight excluding hydrogens is 520 g/mol. The molecule has 2 aromatic carbocycles. The monoisotopic (exact) mass is 562 g/mol. The van der Waals surface area contributed by atoms with Crippen LogP contribution in [0.4, 0.5) is 0 Å². The van der Waals surface area contributed by atoms with Gasteiger partial charge in [-0.2, -0.15) is 0 Å². The van der Waals surface area contributed by atoms with Gasteiger partial charge < -0.3 is 10.4 Å². The van der Waals surface area contributed by atoms with Crippen LogP contribution in [-0.2, 0) is 42.9 Å². The second-order valence-electron chi connectivity index (χ2n) is 12.1. The topological polar surface area (TPSA) is 78.4 Å². The number of carbonyl (C=O) groups is 1. The largest absolute Gasteiger partial charge is 0.392 e. The number of aliphatic hydroxyl groups excluding tert-OH is 1. The van der Waals surface area contributed by atoms with E-state index < -0.39 is 5.41 Å². The molecule has 0 saturated carbocycles. The fraction of sp³-hybridized carbons (Fsp3) is 0.361. The van der Waals surface area contributed by atoms with E-state index in [1.165, 1.54) is 11.1 Å². The van der Waals surface area contributed by atoms with Crippen LogP contribution in [0.5, 0.6) is 0 Å². The van der Waals surface area contributed by atoms with Gasteiger partial charge in [0.15, 0.2) is 0 Å². The molecule has 6 nitrogen and oxygen atoms in total. The molecule has 2 aromatic heterocycles. The smallest absolute Gasteiger partial charge is 0.230 e. The summed E-state index contributed by atoms with van der Waals surface area (Å²) in [5.41, 5.74) is 9.12. The molecule has 4 aromatic rings. The fourth-order valence-electron chi connectivity index (χ4n) is 6.02. The third-order valence-electron chi connectivity index (χ3n) is 8.61. The van der Waals surface area contributed by atoms with Gasteiger partial charge in [-0.05, 0) is 92.0 Å². The van der Waals surface area contributed by atoms with E-state index in [1.54, 1.807) is 0 Å². The highest BCUT2D eigenvalue weighted by molar-refractivity contribution is 5.87. The third kappa shape index (κ3) is 6.61. The molecule has 0 aliphatic heterocycles. The number of aliphatic hydroxyl groups is 1. The summed E-state index contributed by atoms with van der Waals surface area (Å²) < 4.78 is 0. The van der Waals surface area contributed by atoms with Gasteiger partial charge in [0.1, 0.15) is 0 Å². The van der Waals surface area contributed by atoms with E-state index in [2.05, 4.69) is 48.3 Å². The molecule has 1 aliphatic rings. The third-order valence-corrected chi connectivity index (χ3v) is 8.61. The van der Waals surface area contributed by atoms with Gasteiger partial charge in [0.05, 0.1) is 29.5 Å². The van der Waals surface area contributed by atoms with Gasteiger partial charge in [0.2, 0.25) is 5.91 Å². The lowest BCUT2D eigenvalue weighted by molar-refractivity contribution is -0.125. The summed E-state index contributed by atoms with van der Waals surface area (Å²) in [6, 6.07) is 22.6. The van der Waals surface area contributed by atoms with Crippen LogP contribution in [0.25, 0.3) is 0 Å². The van der Waals surface area contributed by atoms with Crippen molar-refractivity contribution in [2.75, 3.05) is 0 Å². The maximum Gasteiger partial charge on any atom is 0.230 e. The van der Waals surface area contributed by atoms with Crippen molar-refractivity contribution in [3.8, 4) is 0 Å². The molecule has 1 atom stereocenters. The highest BCUT2D eigenvalue weighted by Gasteiger charge is 2.30. The van der Waals surface area contributed by atoms with Crippen molar-refractivity contribution in [1.29, 1.82) is 0 Å². The minimum atomic E-state index is -0.645. The van der Waals surface area contributed by atoms with Crippen molar-refractivity contribution in [3.63, 3.8) is 0 Å². The summed E-state index contributed by atoms with van der Waals surface area (Å²) in [6.07, 6.45) is 7.04. The molecule has 0 fully saturated rings. The Hall–Kier alpha value is -3.87. The SMILES string of the molecule is Cc1cnc(CN(Cc2ccc(CNC(=O)C(C)(C)c3ccccc3)cc2CO)C2CCCc3cccnc32)c(C)c1. The first-order valence-corrected chi connectivity index (χ1v) is 14.9. The highest BCUT2D eigenvalue weighted by Crippen LogP contribution is 2.35. The summed E-state index contributed by atoms with van der Waals surface area (Å²) in [4.78, 5) is 25.2. The Morgan fingerprint density at radius 1 is 1.00 bits per heavy atom. The average Bonchev–Trinajstić information content (AvgIpc) is 3.01. The summed E-state index contributed by atoms with van der Waals surface area (Å²) >= 11 is 0. The summed E-state index contributed by atoms with van der Waals surface area (Å²) in [5.74, 6) is -0.0288. The van der Waals surface area contributed by atoms with Crippen molar-refractivity contribution in [1.82, 2.24) is 20.2 Å². The molecule has 2 N–H and O–H groups in total. The first-order chi connectivity index (χ1) is 20.3. The van der Waals surface area contributed by atoms with E-state index in [4.69, 9.17) is 9.97 Å². The standard InChI is InChI=1S/C36H42N4O2/c1-25-18-26(2)32(38-20-25)23-40(33-14-8-10-28-11-9-17-37-34(28)33)22-29-16-15-27(19-30(29)24-41)21-39-35(42)36(3,4)31-12-6-5-7-13-31/h5-7,9,11-13,15-20,33,41H,8,10,14,21-24H2,1-4H3,(H,39,42). The maximum atomic E-state index is 13.1. The number of carbonyl (C=O) groups excluding carboxylic acids is 1. The molecule has 0 bridgehead atoms. The van der Waals surface area contributed by atoms with E-state index >= 15 is 0 Å². The van der Waals surface area contributed by atoms with Gasteiger partial charge in [-0.25, -0.2) is 0 Å². The predicted octanol–water partition coefficient (Wildman–Crippen LogP) is 6.26. The number of fused-ring (bicyclic) bond motifs is 1. The average molecular weight is 563 g/mol. The Balaban J connectivity index is 1.37. The highest BCUT2D eigenvalue weighted by atomic mass is 16.3. The first-order valence-electron chi connectivity index (χ1n) is 14.9. The van der Waals surface area contributed by atoms with Crippen LogP contribution in [0.2, 0.25) is 0 Å². The van der Waals surface area contributed by atoms with Crippen LogP contribution in [0, 0.1) is 13.8 Å². The lowest BCUT2D eigenvalue weighted by Crippen LogP contribution is -2.39. The molecule has 42 heavy (non-hydrogen) atoms. The molecular formula is C36H42N4O2. The maximum absolute atomic E-state index is 13.1. The second-order valence-corrected chi connectivity index (χ2v) is 12.1. The van der Waals surface area contributed by atoms with E-state index in [-0.39, 0.29) is 18.6 Å². The number of aromatic nitrogens is 2. The fourth-order valence-corrected chi connectivity index (χ4v) is 6.02. The summed E-state index contributed by atoms with van der Waals surface area (Å²) in [6.45, 7) is 9.78. The molecule has 0 spiro atoms. The lowest BCUT2D eigenvalue weighted by Gasteiger charge is -2.35. The Bertz CT molecular complexity index is 1530. The minimum absolute atomic E-state index is 0.0288. The minimum Gasteiger partial charge on any atom is -0.392 e.